The van der Waals surface area contributed by atoms with Crippen LogP contribution in [0.2, 0.25) is 0 Å². The number of carbonyl (C=O) groups is 3. The standard InChI is InChI=1S/C25H26N2O5/c1-15-7-9-19-20(11-15)25(30)27(24(19)29)16(2)23(28)26(18-5-3-4-6-18)13-17-8-10-21-22(12-17)32-14-31-21/h7-12,16,18H,3-6,13-14H2,1-2H3/t16-/m1/s1. The van der Waals surface area contributed by atoms with E-state index in [9.17, 15) is 14.4 Å². The molecule has 3 amide bonds. The molecular formula is C25H26N2O5. The maximum Gasteiger partial charge on any atom is 0.262 e. The first-order chi connectivity index (χ1) is 15.4. The van der Waals surface area contributed by atoms with Crippen molar-refractivity contribution >= 4 is 17.7 Å². The number of ether oxygens (including phenoxy) is 2. The van der Waals surface area contributed by atoms with Crippen LogP contribution < -0.4 is 9.47 Å². The van der Waals surface area contributed by atoms with E-state index in [1.807, 2.05) is 36.1 Å². The van der Waals surface area contributed by atoms with Crippen LogP contribution in [0.15, 0.2) is 36.4 Å². The first kappa shape index (κ1) is 20.5. The van der Waals surface area contributed by atoms with Crippen LogP contribution in [0, 0.1) is 6.92 Å². The number of hydrogen-bond donors (Lipinski definition) is 0. The highest BCUT2D eigenvalue weighted by Crippen LogP contribution is 2.34. The van der Waals surface area contributed by atoms with E-state index < -0.39 is 17.9 Å². The normalized spacial score (nSPS) is 18.2. The van der Waals surface area contributed by atoms with Crippen molar-refractivity contribution in [2.45, 2.75) is 58.2 Å². The summed E-state index contributed by atoms with van der Waals surface area (Å²) < 4.78 is 10.9. The average molecular weight is 434 g/mol. The maximum absolute atomic E-state index is 13.7. The van der Waals surface area contributed by atoms with Gasteiger partial charge in [0.05, 0.1) is 11.1 Å². The second kappa shape index (κ2) is 7.97. The van der Waals surface area contributed by atoms with Gasteiger partial charge in [0, 0.05) is 12.6 Å². The molecule has 0 spiro atoms. The topological polar surface area (TPSA) is 76.2 Å². The highest BCUT2D eigenvalue weighted by atomic mass is 16.7. The lowest BCUT2D eigenvalue weighted by atomic mass is 10.1. The Balaban J connectivity index is 1.41. The molecule has 0 unspecified atom stereocenters. The molecule has 2 aromatic carbocycles. The van der Waals surface area contributed by atoms with E-state index in [0.29, 0.717) is 29.2 Å². The highest BCUT2D eigenvalue weighted by Gasteiger charge is 2.43. The zero-order chi connectivity index (χ0) is 22.4. The summed E-state index contributed by atoms with van der Waals surface area (Å²) in [5, 5.41) is 0. The van der Waals surface area contributed by atoms with Crippen LogP contribution in [0.4, 0.5) is 0 Å². The lowest BCUT2D eigenvalue weighted by Gasteiger charge is -2.34. The number of aryl methyl sites for hydroxylation is 1. The van der Waals surface area contributed by atoms with Crippen LogP contribution in [0.3, 0.4) is 0 Å². The number of hydrogen-bond acceptors (Lipinski definition) is 5. The summed E-state index contributed by atoms with van der Waals surface area (Å²) in [5.74, 6) is 0.359. The van der Waals surface area contributed by atoms with E-state index >= 15 is 0 Å². The molecule has 1 atom stereocenters. The molecule has 166 valence electrons. The Morgan fingerprint density at radius 1 is 1.03 bits per heavy atom. The lowest BCUT2D eigenvalue weighted by Crippen LogP contribution is -2.51. The Labute approximate surface area is 186 Å². The third-order valence-corrected chi connectivity index (χ3v) is 6.66. The fourth-order valence-electron chi connectivity index (χ4n) is 4.91. The van der Waals surface area contributed by atoms with Crippen LogP contribution in [-0.2, 0) is 11.3 Å². The molecule has 2 heterocycles. The van der Waals surface area contributed by atoms with Crippen molar-refractivity contribution in [1.29, 1.82) is 0 Å². The van der Waals surface area contributed by atoms with Gasteiger partial charge in [0.25, 0.3) is 11.8 Å². The summed E-state index contributed by atoms with van der Waals surface area (Å²) in [7, 11) is 0. The van der Waals surface area contributed by atoms with Crippen molar-refractivity contribution < 1.29 is 23.9 Å². The lowest BCUT2D eigenvalue weighted by molar-refractivity contribution is -0.138. The largest absolute Gasteiger partial charge is 0.454 e. The van der Waals surface area contributed by atoms with Gasteiger partial charge in [-0.1, -0.05) is 30.5 Å². The Morgan fingerprint density at radius 2 is 1.75 bits per heavy atom. The minimum Gasteiger partial charge on any atom is -0.454 e. The van der Waals surface area contributed by atoms with Gasteiger partial charge in [-0.15, -0.1) is 0 Å². The molecule has 1 fully saturated rings. The van der Waals surface area contributed by atoms with Gasteiger partial charge in [-0.2, -0.15) is 0 Å². The molecule has 0 radical (unpaired) electrons. The fourth-order valence-corrected chi connectivity index (χ4v) is 4.91. The molecule has 32 heavy (non-hydrogen) atoms. The number of benzene rings is 2. The molecule has 7 heteroatoms. The molecule has 7 nitrogen and oxygen atoms in total. The summed E-state index contributed by atoms with van der Waals surface area (Å²) in [6.45, 7) is 4.12. The molecule has 0 bridgehead atoms. The molecule has 3 aliphatic rings. The molecule has 2 aromatic rings. The summed E-state index contributed by atoms with van der Waals surface area (Å²) >= 11 is 0. The molecule has 5 rings (SSSR count). The number of imide groups is 1. The fraction of sp³-hybridized carbons (Fsp3) is 0.400. The van der Waals surface area contributed by atoms with Gasteiger partial charge in [-0.3, -0.25) is 19.3 Å². The van der Waals surface area contributed by atoms with E-state index in [4.69, 9.17) is 9.47 Å². The van der Waals surface area contributed by atoms with E-state index in [1.165, 1.54) is 0 Å². The number of fused-ring (bicyclic) bond motifs is 2. The van der Waals surface area contributed by atoms with Crippen molar-refractivity contribution in [3.8, 4) is 11.5 Å². The molecule has 1 aliphatic carbocycles. The predicted molar refractivity (Wildman–Crippen MR) is 117 cm³/mol. The summed E-state index contributed by atoms with van der Waals surface area (Å²) in [6, 6.07) is 10.1. The second-order valence-electron chi connectivity index (χ2n) is 8.80. The Hall–Kier alpha value is -3.35. The van der Waals surface area contributed by atoms with Gasteiger partial charge in [0.2, 0.25) is 12.7 Å². The van der Waals surface area contributed by atoms with E-state index in [-0.39, 0.29) is 18.7 Å². The first-order valence-electron chi connectivity index (χ1n) is 11.1. The van der Waals surface area contributed by atoms with Crippen molar-refractivity contribution in [3.05, 3.63) is 58.7 Å². The molecule has 0 saturated heterocycles. The average Bonchev–Trinajstić information content (AvgIpc) is 3.52. The second-order valence-corrected chi connectivity index (χ2v) is 8.80. The van der Waals surface area contributed by atoms with Crippen LogP contribution in [0.25, 0.3) is 0 Å². The third-order valence-electron chi connectivity index (χ3n) is 6.66. The molecule has 0 N–H and O–H groups in total. The number of rotatable bonds is 5. The summed E-state index contributed by atoms with van der Waals surface area (Å²) in [4.78, 5) is 42.7. The van der Waals surface area contributed by atoms with Crippen molar-refractivity contribution in [3.63, 3.8) is 0 Å². The maximum atomic E-state index is 13.7. The number of carbonyl (C=O) groups excluding carboxylic acids is 3. The van der Waals surface area contributed by atoms with Crippen molar-refractivity contribution in [1.82, 2.24) is 9.80 Å². The third kappa shape index (κ3) is 3.42. The van der Waals surface area contributed by atoms with Crippen LogP contribution in [-0.4, -0.2) is 46.4 Å². The van der Waals surface area contributed by atoms with E-state index in [1.54, 1.807) is 19.1 Å². The van der Waals surface area contributed by atoms with E-state index in [0.717, 1.165) is 41.7 Å². The molecule has 1 saturated carbocycles. The zero-order valence-electron chi connectivity index (χ0n) is 18.3. The molecule has 2 aliphatic heterocycles. The SMILES string of the molecule is Cc1ccc2c(c1)C(=O)N([C@H](C)C(=O)N(Cc1ccc3c(c1)OCO3)C1CCCC1)C2=O. The minimum atomic E-state index is -0.877. The molecule has 0 aromatic heterocycles. The number of nitrogens with zero attached hydrogens (tertiary/aromatic N) is 2. The first-order valence-corrected chi connectivity index (χ1v) is 11.1. The van der Waals surface area contributed by atoms with Crippen molar-refractivity contribution in [2.24, 2.45) is 0 Å². The van der Waals surface area contributed by atoms with Gasteiger partial charge in [0.15, 0.2) is 11.5 Å². The summed E-state index contributed by atoms with van der Waals surface area (Å²) in [6.07, 6.45) is 3.97. The Bertz CT molecular complexity index is 1110. The van der Waals surface area contributed by atoms with Gasteiger partial charge in [-0.05, 0) is 56.5 Å². The predicted octanol–water partition coefficient (Wildman–Crippen LogP) is 3.68. The van der Waals surface area contributed by atoms with Crippen LogP contribution in [0.1, 0.15) is 64.4 Å². The zero-order valence-corrected chi connectivity index (χ0v) is 18.3. The Morgan fingerprint density at radius 3 is 2.53 bits per heavy atom. The van der Waals surface area contributed by atoms with Gasteiger partial charge >= 0.3 is 0 Å². The summed E-state index contributed by atoms with van der Waals surface area (Å²) in [5.41, 5.74) is 2.57. The van der Waals surface area contributed by atoms with Crippen molar-refractivity contribution in [2.75, 3.05) is 6.79 Å². The highest BCUT2D eigenvalue weighted by molar-refractivity contribution is 6.22. The van der Waals surface area contributed by atoms with Gasteiger partial charge < -0.3 is 14.4 Å². The monoisotopic (exact) mass is 434 g/mol. The van der Waals surface area contributed by atoms with Gasteiger partial charge in [-0.25, -0.2) is 0 Å². The minimum absolute atomic E-state index is 0.0906. The van der Waals surface area contributed by atoms with Crippen LogP contribution >= 0.6 is 0 Å². The molecular weight excluding hydrogens is 408 g/mol. The number of amides is 3. The van der Waals surface area contributed by atoms with Crippen LogP contribution in [0.5, 0.6) is 11.5 Å². The smallest absolute Gasteiger partial charge is 0.262 e. The quantitative estimate of drug-likeness (QED) is 0.671. The Kier molecular flexibility index (Phi) is 5.12. The van der Waals surface area contributed by atoms with E-state index in [2.05, 4.69) is 0 Å². The van der Waals surface area contributed by atoms with Gasteiger partial charge in [0.1, 0.15) is 6.04 Å².